The number of alkyl halides is 3. The Bertz CT molecular complexity index is 1140. The molecule has 2 saturated heterocycles. The van der Waals surface area contributed by atoms with Gasteiger partial charge in [-0.15, -0.1) is 0 Å². The maximum absolute atomic E-state index is 13.7. The Morgan fingerprint density at radius 3 is 2.31 bits per heavy atom. The molecule has 0 aromatic heterocycles. The standard InChI is InChI=1S/C27H29F4N3O2/c1-17-13-33(14-17)26(35)34-15-21(19-7-9-23(10-8-19)27(29,30)31)11-22(16-34)25(36-3)32-18(2)20-5-4-6-24(28)12-20/h4-10,12,17,21-22H,2,11,13-16H2,1,3H3. The molecule has 0 spiro atoms. The number of amides is 2. The summed E-state index contributed by atoms with van der Waals surface area (Å²) in [7, 11) is 1.47. The molecule has 2 aromatic carbocycles. The van der Waals surface area contributed by atoms with Crippen LogP contribution < -0.4 is 0 Å². The number of hydrogen-bond acceptors (Lipinski definition) is 3. The van der Waals surface area contributed by atoms with Gasteiger partial charge in [0.05, 0.1) is 24.3 Å². The number of carbonyl (C=O) groups excluding carboxylic acids is 1. The third-order valence-electron chi connectivity index (χ3n) is 6.73. The van der Waals surface area contributed by atoms with Crippen LogP contribution in [0.1, 0.15) is 36.0 Å². The van der Waals surface area contributed by atoms with Crippen LogP contribution in [0.3, 0.4) is 0 Å². The van der Waals surface area contributed by atoms with Crippen molar-refractivity contribution in [3.63, 3.8) is 0 Å². The maximum Gasteiger partial charge on any atom is 0.416 e. The second-order valence-corrected chi connectivity index (χ2v) is 9.56. The zero-order valence-corrected chi connectivity index (χ0v) is 20.3. The zero-order valence-electron chi connectivity index (χ0n) is 20.3. The highest BCUT2D eigenvalue weighted by molar-refractivity contribution is 5.86. The number of hydrogen-bond donors (Lipinski definition) is 0. The van der Waals surface area contributed by atoms with Gasteiger partial charge in [0, 0.05) is 37.7 Å². The second-order valence-electron chi connectivity index (χ2n) is 9.56. The predicted molar refractivity (Wildman–Crippen MR) is 130 cm³/mol. The molecule has 5 nitrogen and oxygen atoms in total. The van der Waals surface area contributed by atoms with Crippen molar-refractivity contribution in [2.45, 2.75) is 25.4 Å². The molecule has 0 bridgehead atoms. The Hall–Kier alpha value is -3.36. The lowest BCUT2D eigenvalue weighted by Gasteiger charge is -2.44. The molecule has 2 unspecified atom stereocenters. The summed E-state index contributed by atoms with van der Waals surface area (Å²) in [6.45, 7) is 8.09. The summed E-state index contributed by atoms with van der Waals surface area (Å²) in [6, 6.07) is 10.9. The van der Waals surface area contributed by atoms with Crippen molar-refractivity contribution in [2.75, 3.05) is 33.3 Å². The van der Waals surface area contributed by atoms with Gasteiger partial charge >= 0.3 is 12.2 Å². The highest BCUT2D eigenvalue weighted by Crippen LogP contribution is 2.35. The predicted octanol–water partition coefficient (Wildman–Crippen LogP) is 6.04. The van der Waals surface area contributed by atoms with Crippen LogP contribution in [-0.2, 0) is 10.9 Å². The molecule has 192 valence electrons. The van der Waals surface area contributed by atoms with Crippen LogP contribution in [0.15, 0.2) is 60.1 Å². The van der Waals surface area contributed by atoms with Gasteiger partial charge in [0.15, 0.2) is 5.90 Å². The van der Waals surface area contributed by atoms with E-state index < -0.39 is 17.6 Å². The van der Waals surface area contributed by atoms with Crippen molar-refractivity contribution >= 4 is 17.6 Å². The lowest BCUT2D eigenvalue weighted by molar-refractivity contribution is -0.137. The smallest absolute Gasteiger partial charge is 0.416 e. The zero-order chi connectivity index (χ0) is 26.0. The van der Waals surface area contributed by atoms with Gasteiger partial charge < -0.3 is 14.5 Å². The maximum atomic E-state index is 13.7. The first-order valence-electron chi connectivity index (χ1n) is 11.8. The summed E-state index contributed by atoms with van der Waals surface area (Å²) in [6.07, 6.45) is -3.90. The molecule has 2 aliphatic rings. The number of benzene rings is 2. The van der Waals surface area contributed by atoms with E-state index in [0.717, 1.165) is 12.1 Å². The second kappa shape index (κ2) is 10.3. The van der Waals surface area contributed by atoms with Crippen molar-refractivity contribution in [1.82, 2.24) is 9.80 Å². The Labute approximate surface area is 208 Å². The first kappa shape index (κ1) is 25.7. The third kappa shape index (κ3) is 5.71. The van der Waals surface area contributed by atoms with Gasteiger partial charge in [0.25, 0.3) is 0 Å². The van der Waals surface area contributed by atoms with Crippen LogP contribution in [0.5, 0.6) is 0 Å². The highest BCUT2D eigenvalue weighted by Gasteiger charge is 2.38. The summed E-state index contributed by atoms with van der Waals surface area (Å²) in [4.78, 5) is 21.2. The molecule has 2 atom stereocenters. The molecule has 0 saturated carbocycles. The van der Waals surface area contributed by atoms with E-state index >= 15 is 0 Å². The Morgan fingerprint density at radius 2 is 1.72 bits per heavy atom. The molecule has 2 aromatic rings. The average Bonchev–Trinajstić information content (AvgIpc) is 2.84. The van der Waals surface area contributed by atoms with Crippen molar-refractivity contribution in [2.24, 2.45) is 16.8 Å². The molecule has 4 rings (SSSR count). The monoisotopic (exact) mass is 503 g/mol. The minimum Gasteiger partial charge on any atom is -0.484 e. The van der Waals surface area contributed by atoms with E-state index in [9.17, 15) is 22.4 Å². The molecule has 2 aliphatic heterocycles. The van der Waals surface area contributed by atoms with Gasteiger partial charge in [-0.05, 0) is 42.2 Å². The number of ether oxygens (including phenoxy) is 1. The van der Waals surface area contributed by atoms with Gasteiger partial charge in [0.2, 0.25) is 0 Å². The van der Waals surface area contributed by atoms with E-state index in [1.165, 1.54) is 31.4 Å². The normalized spacial score (nSPS) is 21.2. The highest BCUT2D eigenvalue weighted by atomic mass is 19.4. The number of urea groups is 1. The fourth-order valence-corrected chi connectivity index (χ4v) is 4.84. The van der Waals surface area contributed by atoms with Crippen LogP contribution in [-0.4, -0.2) is 55.0 Å². The van der Waals surface area contributed by atoms with E-state index in [-0.39, 0.29) is 17.9 Å². The number of likely N-dealkylation sites (tertiary alicyclic amines) is 2. The minimum atomic E-state index is -4.42. The average molecular weight is 504 g/mol. The van der Waals surface area contributed by atoms with Gasteiger partial charge in [-0.25, -0.2) is 14.2 Å². The van der Waals surface area contributed by atoms with E-state index in [1.807, 2.05) is 0 Å². The molecular formula is C27H29F4N3O2. The first-order valence-corrected chi connectivity index (χ1v) is 11.8. The van der Waals surface area contributed by atoms with Crippen molar-refractivity contribution in [3.8, 4) is 0 Å². The molecular weight excluding hydrogens is 474 g/mol. The summed E-state index contributed by atoms with van der Waals surface area (Å²) < 4.78 is 58.5. The van der Waals surface area contributed by atoms with Crippen LogP contribution in [0.25, 0.3) is 5.70 Å². The number of piperidine rings is 1. The Morgan fingerprint density at radius 1 is 1.06 bits per heavy atom. The fraction of sp³-hybridized carbons (Fsp3) is 0.407. The largest absolute Gasteiger partial charge is 0.484 e. The Balaban J connectivity index is 1.61. The summed E-state index contributed by atoms with van der Waals surface area (Å²) in [5.41, 5.74) is 0.813. The molecule has 0 aliphatic carbocycles. The van der Waals surface area contributed by atoms with Crippen LogP contribution >= 0.6 is 0 Å². The lowest BCUT2D eigenvalue weighted by Crippen LogP contribution is -2.57. The summed E-state index contributed by atoms with van der Waals surface area (Å²) in [5.74, 6) is -0.162. The van der Waals surface area contributed by atoms with Gasteiger partial charge in [-0.2, -0.15) is 13.2 Å². The van der Waals surface area contributed by atoms with Gasteiger partial charge in [-0.3, -0.25) is 0 Å². The SMILES string of the molecule is C=C(N=C(OC)C1CC(c2ccc(C(F)(F)F)cc2)CN(C(=O)N2CC(C)C2)C1)c1cccc(F)c1. The summed E-state index contributed by atoms with van der Waals surface area (Å²) in [5, 5.41) is 0. The van der Waals surface area contributed by atoms with E-state index in [4.69, 9.17) is 4.74 Å². The van der Waals surface area contributed by atoms with Gasteiger partial charge in [-0.1, -0.05) is 37.8 Å². The number of aliphatic imine (C=N–C) groups is 1. The van der Waals surface area contributed by atoms with Crippen LogP contribution in [0.2, 0.25) is 0 Å². The lowest BCUT2D eigenvalue weighted by atomic mass is 9.84. The number of nitrogens with zero attached hydrogens (tertiary/aromatic N) is 3. The molecule has 0 radical (unpaired) electrons. The molecule has 9 heteroatoms. The molecule has 2 fully saturated rings. The minimum absolute atomic E-state index is 0.103. The molecule has 36 heavy (non-hydrogen) atoms. The fourth-order valence-electron chi connectivity index (χ4n) is 4.84. The summed E-state index contributed by atoms with van der Waals surface area (Å²) >= 11 is 0. The van der Waals surface area contributed by atoms with Crippen molar-refractivity contribution in [3.05, 3.63) is 77.6 Å². The van der Waals surface area contributed by atoms with Crippen molar-refractivity contribution < 1.29 is 27.1 Å². The number of methoxy groups -OCH3 is 1. The number of rotatable bonds is 4. The molecule has 2 amide bonds. The van der Waals surface area contributed by atoms with Crippen LogP contribution in [0, 0.1) is 17.7 Å². The topological polar surface area (TPSA) is 45.1 Å². The van der Waals surface area contributed by atoms with E-state index in [2.05, 4.69) is 18.5 Å². The molecule has 0 N–H and O–H groups in total. The Kier molecular flexibility index (Phi) is 7.38. The number of carbonyl (C=O) groups is 1. The van der Waals surface area contributed by atoms with E-state index in [1.54, 1.807) is 21.9 Å². The third-order valence-corrected chi connectivity index (χ3v) is 6.73. The van der Waals surface area contributed by atoms with Crippen LogP contribution in [0.4, 0.5) is 22.4 Å². The van der Waals surface area contributed by atoms with Crippen molar-refractivity contribution in [1.29, 1.82) is 0 Å². The van der Waals surface area contributed by atoms with E-state index in [0.29, 0.717) is 61.2 Å². The number of halogens is 4. The van der Waals surface area contributed by atoms with Gasteiger partial charge in [0.1, 0.15) is 5.82 Å². The quantitative estimate of drug-likeness (QED) is 0.290. The first-order chi connectivity index (χ1) is 17.0. The molecule has 2 heterocycles.